The number of nitrogen functional groups attached to an aromatic ring is 1. The highest BCUT2D eigenvalue weighted by atomic mass is 32.2. The molecule has 2 aromatic rings. The minimum Gasteiger partial charge on any atom is -0.389 e. The molecule has 104 valence electrons. The van der Waals surface area contributed by atoms with Gasteiger partial charge in [0.05, 0.1) is 11.3 Å². The van der Waals surface area contributed by atoms with Crippen LogP contribution in [0.3, 0.4) is 0 Å². The molecule has 4 nitrogen and oxygen atoms in total. The van der Waals surface area contributed by atoms with Crippen LogP contribution in [-0.4, -0.2) is 14.2 Å². The highest BCUT2D eigenvalue weighted by molar-refractivity contribution is 7.93. The molecular formula is C13H11FN2O2S2. The summed E-state index contributed by atoms with van der Waals surface area (Å²) in [4.78, 5) is 0. The zero-order valence-electron chi connectivity index (χ0n) is 10.6. The summed E-state index contributed by atoms with van der Waals surface area (Å²) in [5, 5.41) is 9.29. The Morgan fingerprint density at radius 2 is 2.15 bits per heavy atom. The average Bonchev–Trinajstić information content (AvgIpc) is 2.76. The molecule has 1 aromatic carbocycles. The fourth-order valence-corrected chi connectivity index (χ4v) is 4.49. The van der Waals surface area contributed by atoms with Crippen molar-refractivity contribution in [3.63, 3.8) is 0 Å². The second-order valence-electron chi connectivity index (χ2n) is 4.03. The van der Waals surface area contributed by atoms with Crippen LogP contribution in [0.4, 0.5) is 9.39 Å². The number of halogens is 1. The van der Waals surface area contributed by atoms with Gasteiger partial charge in [-0.05, 0) is 17.7 Å². The van der Waals surface area contributed by atoms with Crippen LogP contribution in [0.5, 0.6) is 0 Å². The minimum absolute atomic E-state index is 0.0136. The molecule has 2 N–H and O–H groups in total. The number of benzene rings is 1. The van der Waals surface area contributed by atoms with Crippen LogP contribution < -0.4 is 5.73 Å². The van der Waals surface area contributed by atoms with Crippen molar-refractivity contribution in [3.05, 3.63) is 35.6 Å². The summed E-state index contributed by atoms with van der Waals surface area (Å²) in [6.07, 6.45) is 0. The van der Waals surface area contributed by atoms with Gasteiger partial charge in [0.1, 0.15) is 21.1 Å². The van der Waals surface area contributed by atoms with Crippen LogP contribution >= 0.6 is 11.3 Å². The molecule has 0 spiro atoms. The standard InChI is InChI=1S/C13H11FN2O2S2/c1-2-20(17,18)13-11(10(7-15)12(16)19-13)8-4-3-5-9(14)6-8/h3-6H,2,16H2,1H3. The molecule has 0 unspecified atom stereocenters. The lowest BCUT2D eigenvalue weighted by Gasteiger charge is -2.05. The molecule has 0 radical (unpaired) electrons. The number of hydrogen-bond acceptors (Lipinski definition) is 5. The Morgan fingerprint density at radius 3 is 2.70 bits per heavy atom. The topological polar surface area (TPSA) is 83.9 Å². The number of sulfone groups is 1. The van der Waals surface area contributed by atoms with E-state index in [4.69, 9.17) is 11.0 Å². The van der Waals surface area contributed by atoms with E-state index in [9.17, 15) is 12.8 Å². The quantitative estimate of drug-likeness (QED) is 0.944. The lowest BCUT2D eigenvalue weighted by Crippen LogP contribution is -2.03. The maximum atomic E-state index is 13.3. The third-order valence-electron chi connectivity index (χ3n) is 2.79. The first kappa shape index (κ1) is 14.5. The summed E-state index contributed by atoms with van der Waals surface area (Å²) >= 11 is 0.843. The first-order chi connectivity index (χ1) is 9.40. The van der Waals surface area contributed by atoms with E-state index in [1.807, 2.05) is 6.07 Å². The SMILES string of the molecule is CCS(=O)(=O)c1sc(N)c(C#N)c1-c1cccc(F)c1. The zero-order valence-corrected chi connectivity index (χ0v) is 12.2. The van der Waals surface area contributed by atoms with Gasteiger partial charge in [0.2, 0.25) is 0 Å². The van der Waals surface area contributed by atoms with Crippen LogP contribution in [0.2, 0.25) is 0 Å². The van der Waals surface area contributed by atoms with E-state index >= 15 is 0 Å². The third-order valence-corrected chi connectivity index (χ3v) is 6.15. The Balaban J connectivity index is 2.84. The highest BCUT2D eigenvalue weighted by Crippen LogP contribution is 2.41. The Bertz CT molecular complexity index is 804. The maximum absolute atomic E-state index is 13.3. The predicted octanol–water partition coefficient (Wildman–Crippen LogP) is 2.80. The van der Waals surface area contributed by atoms with E-state index in [-0.39, 0.29) is 26.1 Å². The number of nitriles is 1. The number of hydrogen-bond donors (Lipinski definition) is 1. The Kier molecular flexibility index (Phi) is 3.79. The van der Waals surface area contributed by atoms with Crippen molar-refractivity contribution in [2.24, 2.45) is 0 Å². The molecule has 7 heteroatoms. The molecule has 0 aliphatic rings. The largest absolute Gasteiger partial charge is 0.389 e. The molecule has 0 atom stereocenters. The van der Waals surface area contributed by atoms with Crippen molar-refractivity contribution < 1.29 is 12.8 Å². The Labute approximate surface area is 120 Å². The van der Waals surface area contributed by atoms with Gasteiger partial charge in [0.15, 0.2) is 9.84 Å². The number of rotatable bonds is 3. The predicted molar refractivity (Wildman–Crippen MR) is 76.6 cm³/mol. The summed E-state index contributed by atoms with van der Waals surface area (Å²) in [6.45, 7) is 1.51. The van der Waals surface area contributed by atoms with E-state index in [1.165, 1.54) is 25.1 Å². The average molecular weight is 310 g/mol. The first-order valence-electron chi connectivity index (χ1n) is 5.71. The summed E-state index contributed by atoms with van der Waals surface area (Å²) in [5.74, 6) is -0.615. The number of thiophene rings is 1. The third kappa shape index (κ3) is 2.40. The van der Waals surface area contributed by atoms with E-state index in [1.54, 1.807) is 6.07 Å². The fraction of sp³-hybridized carbons (Fsp3) is 0.154. The van der Waals surface area contributed by atoms with Crippen molar-refractivity contribution in [2.75, 3.05) is 11.5 Å². The van der Waals surface area contributed by atoms with Crippen molar-refractivity contribution in [1.82, 2.24) is 0 Å². The second kappa shape index (κ2) is 5.23. The molecule has 20 heavy (non-hydrogen) atoms. The lowest BCUT2D eigenvalue weighted by atomic mass is 10.0. The maximum Gasteiger partial charge on any atom is 0.188 e. The lowest BCUT2D eigenvalue weighted by molar-refractivity contribution is 0.599. The fourth-order valence-electron chi connectivity index (χ4n) is 1.79. The second-order valence-corrected chi connectivity index (χ2v) is 7.56. The van der Waals surface area contributed by atoms with Crippen LogP contribution in [0.25, 0.3) is 11.1 Å². The van der Waals surface area contributed by atoms with Crippen molar-refractivity contribution in [2.45, 2.75) is 11.1 Å². The van der Waals surface area contributed by atoms with Crippen LogP contribution in [0.15, 0.2) is 28.5 Å². The molecule has 0 bridgehead atoms. The summed E-state index contributed by atoms with van der Waals surface area (Å²) in [5.41, 5.74) is 6.32. The van der Waals surface area contributed by atoms with Gasteiger partial charge in [-0.2, -0.15) is 5.26 Å². The van der Waals surface area contributed by atoms with E-state index in [2.05, 4.69) is 0 Å². The van der Waals surface area contributed by atoms with Gasteiger partial charge in [-0.25, -0.2) is 12.8 Å². The number of anilines is 1. The van der Waals surface area contributed by atoms with Crippen LogP contribution in [0.1, 0.15) is 12.5 Å². The molecule has 1 aromatic heterocycles. The molecule has 0 fully saturated rings. The molecule has 0 saturated heterocycles. The molecule has 1 heterocycles. The van der Waals surface area contributed by atoms with Gasteiger partial charge in [-0.3, -0.25) is 0 Å². The molecule has 0 aliphatic heterocycles. The van der Waals surface area contributed by atoms with Crippen molar-refractivity contribution in [1.29, 1.82) is 5.26 Å². The number of nitrogens with zero attached hydrogens (tertiary/aromatic N) is 1. The van der Waals surface area contributed by atoms with Gasteiger partial charge in [0, 0.05) is 5.56 Å². The Morgan fingerprint density at radius 1 is 1.45 bits per heavy atom. The normalized spacial score (nSPS) is 11.2. The molecular weight excluding hydrogens is 299 g/mol. The monoisotopic (exact) mass is 310 g/mol. The minimum atomic E-state index is -3.54. The molecule has 2 rings (SSSR count). The number of nitrogens with two attached hydrogens (primary N) is 1. The molecule has 0 saturated carbocycles. The van der Waals surface area contributed by atoms with E-state index in [0.717, 1.165) is 11.3 Å². The van der Waals surface area contributed by atoms with Gasteiger partial charge in [-0.15, -0.1) is 11.3 Å². The van der Waals surface area contributed by atoms with E-state index < -0.39 is 15.7 Å². The van der Waals surface area contributed by atoms with Crippen LogP contribution in [-0.2, 0) is 9.84 Å². The van der Waals surface area contributed by atoms with Gasteiger partial charge in [0.25, 0.3) is 0 Å². The van der Waals surface area contributed by atoms with Crippen LogP contribution in [0, 0.1) is 17.1 Å². The van der Waals surface area contributed by atoms with E-state index in [0.29, 0.717) is 5.56 Å². The molecule has 0 amide bonds. The first-order valence-corrected chi connectivity index (χ1v) is 8.18. The summed E-state index contributed by atoms with van der Waals surface area (Å²) in [7, 11) is -3.54. The van der Waals surface area contributed by atoms with Crippen molar-refractivity contribution in [3.8, 4) is 17.2 Å². The zero-order chi connectivity index (χ0) is 14.9. The van der Waals surface area contributed by atoms with Crippen molar-refractivity contribution >= 4 is 26.2 Å². The highest BCUT2D eigenvalue weighted by Gasteiger charge is 2.26. The summed E-state index contributed by atoms with van der Waals surface area (Å²) < 4.78 is 37.6. The van der Waals surface area contributed by atoms with Gasteiger partial charge in [-0.1, -0.05) is 19.1 Å². The summed E-state index contributed by atoms with van der Waals surface area (Å²) in [6, 6.07) is 7.35. The smallest absolute Gasteiger partial charge is 0.188 e. The van der Waals surface area contributed by atoms with Gasteiger partial charge >= 0.3 is 0 Å². The van der Waals surface area contributed by atoms with Gasteiger partial charge < -0.3 is 5.73 Å². The Hall–Kier alpha value is -1.91. The molecule has 0 aliphatic carbocycles.